The maximum absolute atomic E-state index is 11.0. The van der Waals surface area contributed by atoms with Crippen LogP contribution in [-0.4, -0.2) is 41.5 Å². The summed E-state index contributed by atoms with van der Waals surface area (Å²) in [5.74, 6) is 1.68. The van der Waals surface area contributed by atoms with E-state index in [0.29, 0.717) is 28.2 Å². The number of amides is 1. The number of rotatable bonds is 8. The van der Waals surface area contributed by atoms with Crippen LogP contribution in [0, 0.1) is 5.92 Å². The van der Waals surface area contributed by atoms with Gasteiger partial charge in [0.15, 0.2) is 5.90 Å². The number of halogens is 1. The van der Waals surface area contributed by atoms with E-state index in [2.05, 4.69) is 20.3 Å². The number of nitrogens with zero attached hydrogens (tertiary/aromatic N) is 3. The zero-order valence-electron chi connectivity index (χ0n) is 17.1. The lowest BCUT2D eigenvalue weighted by molar-refractivity contribution is -0.119. The van der Waals surface area contributed by atoms with Gasteiger partial charge in [0.1, 0.15) is 12.4 Å². The molecule has 0 aliphatic rings. The summed E-state index contributed by atoms with van der Waals surface area (Å²) in [6.45, 7) is 7.55. The number of carbonyl (C=O) groups is 1. The molecule has 0 aliphatic heterocycles. The van der Waals surface area contributed by atoms with Gasteiger partial charge in [-0.3, -0.25) is 4.79 Å². The van der Waals surface area contributed by atoms with Crippen molar-refractivity contribution in [3.05, 3.63) is 35.6 Å². The second-order valence-electron chi connectivity index (χ2n) is 6.63. The molecule has 1 atom stereocenters. The van der Waals surface area contributed by atoms with Crippen molar-refractivity contribution in [2.24, 2.45) is 10.9 Å². The molecule has 1 heterocycles. The molecule has 0 saturated heterocycles. The van der Waals surface area contributed by atoms with Crippen molar-refractivity contribution in [2.75, 3.05) is 13.7 Å². The van der Waals surface area contributed by atoms with Crippen LogP contribution in [0.4, 0.5) is 5.69 Å². The molecular formula is C20H25ClN4O4. The Hall–Kier alpha value is -2.87. The molecule has 0 bridgehead atoms. The lowest BCUT2D eigenvalue weighted by Gasteiger charge is -2.13. The summed E-state index contributed by atoms with van der Waals surface area (Å²) in [6.07, 6.45) is 2.87. The van der Waals surface area contributed by atoms with E-state index >= 15 is 0 Å². The van der Waals surface area contributed by atoms with Gasteiger partial charge in [-0.2, -0.15) is 0 Å². The van der Waals surface area contributed by atoms with Crippen LogP contribution in [0.1, 0.15) is 27.7 Å². The first-order chi connectivity index (χ1) is 13.8. The largest absolute Gasteiger partial charge is 0.484 e. The highest BCUT2D eigenvalue weighted by Gasteiger charge is 2.10. The van der Waals surface area contributed by atoms with Gasteiger partial charge in [0.2, 0.25) is 17.7 Å². The van der Waals surface area contributed by atoms with Crippen molar-refractivity contribution < 1.29 is 19.0 Å². The van der Waals surface area contributed by atoms with Gasteiger partial charge in [-0.15, -0.1) is 0 Å². The van der Waals surface area contributed by atoms with Gasteiger partial charge in [-0.1, -0.05) is 25.4 Å². The van der Waals surface area contributed by atoms with Gasteiger partial charge >= 0.3 is 0 Å². The Bertz CT molecular complexity index is 856. The Morgan fingerprint density at radius 1 is 1.21 bits per heavy atom. The van der Waals surface area contributed by atoms with Crippen LogP contribution in [-0.2, 0) is 9.53 Å². The first-order valence-electron chi connectivity index (χ1n) is 9.10. The van der Waals surface area contributed by atoms with Crippen molar-refractivity contribution in [2.45, 2.75) is 33.7 Å². The van der Waals surface area contributed by atoms with Gasteiger partial charge in [0.25, 0.3) is 0 Å². The van der Waals surface area contributed by atoms with Gasteiger partial charge in [-0.25, -0.2) is 15.0 Å². The first-order valence-corrected chi connectivity index (χ1v) is 9.48. The minimum atomic E-state index is -0.139. The fourth-order valence-electron chi connectivity index (χ4n) is 2.32. The summed E-state index contributed by atoms with van der Waals surface area (Å²) >= 11 is 6.30. The number of nitrogens with one attached hydrogen (secondary N) is 1. The fourth-order valence-corrected chi connectivity index (χ4v) is 2.54. The number of aromatic nitrogens is 2. The minimum absolute atomic E-state index is 0.118. The summed E-state index contributed by atoms with van der Waals surface area (Å²) < 4.78 is 16.4. The van der Waals surface area contributed by atoms with E-state index in [9.17, 15) is 4.79 Å². The molecule has 0 aliphatic carbocycles. The highest BCUT2D eigenvalue weighted by molar-refractivity contribution is 6.32. The molecule has 1 unspecified atom stereocenters. The summed E-state index contributed by atoms with van der Waals surface area (Å²) in [5.41, 5.74) is 0.663. The van der Waals surface area contributed by atoms with E-state index in [0.717, 1.165) is 0 Å². The Balaban J connectivity index is 2.00. The summed E-state index contributed by atoms with van der Waals surface area (Å²) in [5, 5.41) is 3.11. The van der Waals surface area contributed by atoms with Crippen molar-refractivity contribution in [1.82, 2.24) is 15.3 Å². The highest BCUT2D eigenvalue weighted by Crippen LogP contribution is 2.32. The SMILES string of the molecule is COC(=Nc1ccc(Oc2cnc(OCC(C)NC(C)=O)cn2)c(Cl)c1)C(C)C. The van der Waals surface area contributed by atoms with E-state index in [1.165, 1.54) is 19.3 Å². The molecule has 29 heavy (non-hydrogen) atoms. The van der Waals surface area contributed by atoms with Crippen LogP contribution in [0.25, 0.3) is 0 Å². The van der Waals surface area contributed by atoms with E-state index in [4.69, 9.17) is 25.8 Å². The van der Waals surface area contributed by atoms with Crippen LogP contribution >= 0.6 is 11.6 Å². The second-order valence-corrected chi connectivity index (χ2v) is 7.04. The third kappa shape index (κ3) is 7.23. The Morgan fingerprint density at radius 2 is 1.90 bits per heavy atom. The number of hydrogen-bond donors (Lipinski definition) is 1. The minimum Gasteiger partial charge on any atom is -0.484 e. The molecule has 1 amide bonds. The Labute approximate surface area is 175 Å². The quantitative estimate of drug-likeness (QED) is 0.509. The number of carbonyl (C=O) groups excluding carboxylic acids is 1. The van der Waals surface area contributed by atoms with Crippen LogP contribution < -0.4 is 14.8 Å². The lowest BCUT2D eigenvalue weighted by atomic mass is 10.2. The average molecular weight is 421 g/mol. The number of ether oxygens (including phenoxy) is 3. The first kappa shape index (κ1) is 22.4. The molecule has 1 N–H and O–H groups in total. The normalized spacial score (nSPS) is 12.4. The monoisotopic (exact) mass is 420 g/mol. The van der Waals surface area contributed by atoms with Crippen molar-refractivity contribution in [1.29, 1.82) is 0 Å². The van der Waals surface area contributed by atoms with Crippen LogP contribution in [0.5, 0.6) is 17.5 Å². The molecular weight excluding hydrogens is 396 g/mol. The van der Waals surface area contributed by atoms with Gasteiger partial charge in [0.05, 0.1) is 36.3 Å². The number of methoxy groups -OCH3 is 1. The van der Waals surface area contributed by atoms with Crippen LogP contribution in [0.3, 0.4) is 0 Å². The number of benzene rings is 1. The molecule has 9 heteroatoms. The zero-order chi connectivity index (χ0) is 21.4. The van der Waals surface area contributed by atoms with Crippen molar-refractivity contribution >= 4 is 29.1 Å². The number of aliphatic imine (C=N–C) groups is 1. The Kier molecular flexibility index (Phi) is 8.21. The van der Waals surface area contributed by atoms with Crippen molar-refractivity contribution in [3.8, 4) is 17.5 Å². The van der Waals surface area contributed by atoms with E-state index < -0.39 is 0 Å². The van der Waals surface area contributed by atoms with Gasteiger partial charge in [-0.05, 0) is 25.1 Å². The molecule has 156 valence electrons. The van der Waals surface area contributed by atoms with E-state index in [1.807, 2.05) is 20.8 Å². The predicted octanol–water partition coefficient (Wildman–Crippen LogP) is 4.16. The molecule has 0 saturated carbocycles. The fraction of sp³-hybridized carbons (Fsp3) is 0.400. The zero-order valence-corrected chi connectivity index (χ0v) is 17.9. The average Bonchev–Trinajstić information content (AvgIpc) is 2.66. The lowest BCUT2D eigenvalue weighted by Crippen LogP contribution is -2.35. The van der Waals surface area contributed by atoms with Crippen LogP contribution in [0.15, 0.2) is 35.6 Å². The molecule has 2 rings (SSSR count). The molecule has 0 radical (unpaired) electrons. The third-order valence-electron chi connectivity index (χ3n) is 3.61. The molecule has 0 fully saturated rings. The highest BCUT2D eigenvalue weighted by atomic mass is 35.5. The van der Waals surface area contributed by atoms with Gasteiger partial charge < -0.3 is 19.5 Å². The van der Waals surface area contributed by atoms with E-state index in [1.54, 1.807) is 25.3 Å². The van der Waals surface area contributed by atoms with Crippen LogP contribution in [0.2, 0.25) is 5.02 Å². The third-order valence-corrected chi connectivity index (χ3v) is 3.90. The number of hydrogen-bond acceptors (Lipinski definition) is 7. The molecule has 1 aromatic heterocycles. The standard InChI is InChI=1S/C20H25ClN4O4/c1-12(2)20(27-5)25-15-6-7-17(16(21)8-15)29-19-10-22-18(9-23-19)28-11-13(3)24-14(4)26/h6-10,12-13H,11H2,1-5H3,(H,24,26). The summed E-state index contributed by atoms with van der Waals surface area (Å²) in [6, 6.07) is 5.03. The molecule has 2 aromatic rings. The molecule has 8 nitrogen and oxygen atoms in total. The predicted molar refractivity (Wildman–Crippen MR) is 111 cm³/mol. The topological polar surface area (TPSA) is 94.9 Å². The Morgan fingerprint density at radius 3 is 2.45 bits per heavy atom. The summed E-state index contributed by atoms with van der Waals surface area (Å²) in [7, 11) is 1.59. The second kappa shape index (κ2) is 10.6. The van der Waals surface area contributed by atoms with E-state index in [-0.39, 0.29) is 30.4 Å². The summed E-state index contributed by atoms with van der Waals surface area (Å²) in [4.78, 5) is 23.7. The maximum atomic E-state index is 11.0. The molecule has 0 spiro atoms. The molecule has 1 aromatic carbocycles. The maximum Gasteiger partial charge on any atom is 0.238 e. The smallest absolute Gasteiger partial charge is 0.238 e. The van der Waals surface area contributed by atoms with Crippen molar-refractivity contribution in [3.63, 3.8) is 0 Å². The van der Waals surface area contributed by atoms with Gasteiger partial charge in [0, 0.05) is 12.8 Å².